The van der Waals surface area contributed by atoms with Gasteiger partial charge in [0.25, 0.3) is 0 Å². The van der Waals surface area contributed by atoms with E-state index in [1.54, 1.807) is 6.20 Å². The van der Waals surface area contributed by atoms with Gasteiger partial charge in [-0.15, -0.1) is 0 Å². The molecule has 0 fully saturated rings. The SMILES string of the molecule is Cc1ccncc1C(C)(C)Cc1cccc(C(C)(C)C)c1F. The Kier molecular flexibility index (Phi) is 4.42. The van der Waals surface area contributed by atoms with Crippen molar-refractivity contribution >= 4 is 0 Å². The van der Waals surface area contributed by atoms with Gasteiger partial charge in [0.15, 0.2) is 0 Å². The molecule has 1 nitrogen and oxygen atoms in total. The largest absolute Gasteiger partial charge is 0.264 e. The summed E-state index contributed by atoms with van der Waals surface area (Å²) < 4.78 is 14.9. The molecule has 1 heterocycles. The van der Waals surface area contributed by atoms with Gasteiger partial charge >= 0.3 is 0 Å². The summed E-state index contributed by atoms with van der Waals surface area (Å²) in [7, 11) is 0. The van der Waals surface area contributed by atoms with Crippen LogP contribution in [-0.2, 0) is 17.3 Å². The zero-order chi connectivity index (χ0) is 16.5. The highest BCUT2D eigenvalue weighted by Crippen LogP contribution is 2.33. The first-order chi connectivity index (χ1) is 10.1. The van der Waals surface area contributed by atoms with Crippen molar-refractivity contribution in [1.82, 2.24) is 4.98 Å². The second-order valence-corrected chi connectivity index (χ2v) is 7.78. The topological polar surface area (TPSA) is 12.9 Å². The van der Waals surface area contributed by atoms with E-state index in [-0.39, 0.29) is 16.6 Å². The maximum Gasteiger partial charge on any atom is 0.130 e. The van der Waals surface area contributed by atoms with Crippen molar-refractivity contribution in [3.05, 3.63) is 64.7 Å². The summed E-state index contributed by atoms with van der Waals surface area (Å²) in [4.78, 5) is 4.24. The Morgan fingerprint density at radius 2 is 1.68 bits per heavy atom. The van der Waals surface area contributed by atoms with Crippen LogP contribution in [0.15, 0.2) is 36.7 Å². The molecule has 2 rings (SSSR count). The van der Waals surface area contributed by atoms with Crippen molar-refractivity contribution < 1.29 is 4.39 Å². The van der Waals surface area contributed by atoms with Gasteiger partial charge in [-0.1, -0.05) is 52.8 Å². The Morgan fingerprint density at radius 1 is 1.00 bits per heavy atom. The minimum atomic E-state index is -0.186. The lowest BCUT2D eigenvalue weighted by Gasteiger charge is -2.28. The molecular formula is C20H26FN. The molecule has 0 saturated heterocycles. The Morgan fingerprint density at radius 3 is 2.27 bits per heavy atom. The van der Waals surface area contributed by atoms with Crippen molar-refractivity contribution in [2.75, 3.05) is 0 Å². The van der Waals surface area contributed by atoms with Gasteiger partial charge < -0.3 is 0 Å². The highest BCUT2D eigenvalue weighted by Gasteiger charge is 2.27. The number of rotatable bonds is 3. The maximum absolute atomic E-state index is 14.9. The third kappa shape index (κ3) is 3.37. The summed E-state index contributed by atoms with van der Waals surface area (Å²) in [6.07, 6.45) is 4.37. The minimum Gasteiger partial charge on any atom is -0.264 e. The fourth-order valence-electron chi connectivity index (χ4n) is 3.04. The summed E-state index contributed by atoms with van der Waals surface area (Å²) in [6.45, 7) is 12.5. The fourth-order valence-corrected chi connectivity index (χ4v) is 3.04. The van der Waals surface area contributed by atoms with E-state index in [1.807, 2.05) is 51.2 Å². The summed E-state index contributed by atoms with van der Waals surface area (Å²) in [6, 6.07) is 7.77. The number of halogens is 1. The molecule has 0 amide bonds. The monoisotopic (exact) mass is 299 g/mol. The van der Waals surface area contributed by atoms with E-state index in [4.69, 9.17) is 0 Å². The summed E-state index contributed by atoms with van der Waals surface area (Å²) in [5, 5.41) is 0. The normalized spacial score (nSPS) is 12.5. The lowest BCUT2D eigenvalue weighted by molar-refractivity contribution is 0.477. The van der Waals surface area contributed by atoms with Crippen molar-refractivity contribution in [1.29, 1.82) is 0 Å². The number of pyridine rings is 1. The first-order valence-corrected chi connectivity index (χ1v) is 7.82. The Hall–Kier alpha value is -1.70. The summed E-state index contributed by atoms with van der Waals surface area (Å²) in [5.74, 6) is -0.0652. The van der Waals surface area contributed by atoms with Crippen LogP contribution < -0.4 is 0 Å². The molecule has 0 radical (unpaired) electrons. The zero-order valence-electron chi connectivity index (χ0n) is 14.5. The molecule has 1 aromatic carbocycles. The summed E-state index contributed by atoms with van der Waals surface area (Å²) >= 11 is 0. The molecule has 0 aliphatic carbocycles. The second-order valence-electron chi connectivity index (χ2n) is 7.78. The van der Waals surface area contributed by atoms with E-state index < -0.39 is 0 Å². The van der Waals surface area contributed by atoms with E-state index in [9.17, 15) is 4.39 Å². The van der Waals surface area contributed by atoms with Crippen LogP contribution in [0.5, 0.6) is 0 Å². The average Bonchev–Trinajstić information content (AvgIpc) is 2.40. The van der Waals surface area contributed by atoms with Gasteiger partial charge in [0.2, 0.25) is 0 Å². The average molecular weight is 299 g/mol. The predicted octanol–water partition coefficient (Wildman–Crippen LogP) is 5.35. The van der Waals surface area contributed by atoms with E-state index in [1.165, 1.54) is 11.1 Å². The van der Waals surface area contributed by atoms with Crippen LogP contribution in [0.1, 0.15) is 56.9 Å². The van der Waals surface area contributed by atoms with Gasteiger partial charge in [-0.3, -0.25) is 4.98 Å². The number of hydrogen-bond donors (Lipinski definition) is 0. The molecule has 2 heteroatoms. The minimum absolute atomic E-state index is 0.0652. The van der Waals surface area contributed by atoms with Crippen molar-refractivity contribution in [2.45, 2.75) is 58.8 Å². The third-order valence-electron chi connectivity index (χ3n) is 4.29. The number of hydrogen-bond acceptors (Lipinski definition) is 1. The zero-order valence-corrected chi connectivity index (χ0v) is 14.5. The number of aryl methyl sites for hydroxylation is 1. The molecule has 0 unspecified atom stereocenters. The van der Waals surface area contributed by atoms with Gasteiger partial charge in [0.05, 0.1) is 0 Å². The molecule has 1 aromatic heterocycles. The van der Waals surface area contributed by atoms with Crippen LogP contribution in [-0.4, -0.2) is 4.98 Å². The highest BCUT2D eigenvalue weighted by molar-refractivity contribution is 5.35. The van der Waals surface area contributed by atoms with Gasteiger partial charge in [0, 0.05) is 12.4 Å². The predicted molar refractivity (Wildman–Crippen MR) is 90.8 cm³/mol. The van der Waals surface area contributed by atoms with Crippen LogP contribution in [0.25, 0.3) is 0 Å². The smallest absolute Gasteiger partial charge is 0.130 e. The molecule has 0 spiro atoms. The van der Waals surface area contributed by atoms with E-state index in [0.717, 1.165) is 11.1 Å². The molecule has 0 aliphatic heterocycles. The Balaban J connectivity index is 2.41. The fraction of sp³-hybridized carbons (Fsp3) is 0.450. The van der Waals surface area contributed by atoms with Gasteiger partial charge in [-0.05, 0) is 52.5 Å². The lowest BCUT2D eigenvalue weighted by atomic mass is 9.76. The third-order valence-corrected chi connectivity index (χ3v) is 4.29. The first-order valence-electron chi connectivity index (χ1n) is 7.82. The van der Waals surface area contributed by atoms with Crippen molar-refractivity contribution in [2.24, 2.45) is 0 Å². The van der Waals surface area contributed by atoms with Gasteiger partial charge in [-0.2, -0.15) is 0 Å². The molecular weight excluding hydrogens is 273 g/mol. The maximum atomic E-state index is 14.9. The number of benzene rings is 1. The van der Waals surface area contributed by atoms with Crippen LogP contribution in [0.3, 0.4) is 0 Å². The summed E-state index contributed by atoms with van der Waals surface area (Å²) in [5.41, 5.74) is 3.59. The number of aromatic nitrogens is 1. The molecule has 118 valence electrons. The van der Waals surface area contributed by atoms with E-state index in [0.29, 0.717) is 6.42 Å². The highest BCUT2D eigenvalue weighted by atomic mass is 19.1. The van der Waals surface area contributed by atoms with Gasteiger partial charge in [0.1, 0.15) is 5.82 Å². The van der Waals surface area contributed by atoms with E-state index >= 15 is 0 Å². The Bertz CT molecular complexity index is 666. The first kappa shape index (κ1) is 16.7. The quantitative estimate of drug-likeness (QED) is 0.744. The second kappa shape index (κ2) is 5.83. The lowest BCUT2D eigenvalue weighted by Crippen LogP contribution is -2.24. The van der Waals surface area contributed by atoms with Gasteiger partial charge in [-0.25, -0.2) is 4.39 Å². The Labute approximate surface area is 133 Å². The molecule has 22 heavy (non-hydrogen) atoms. The van der Waals surface area contributed by atoms with Crippen molar-refractivity contribution in [3.63, 3.8) is 0 Å². The molecule has 0 saturated carbocycles. The molecule has 2 aromatic rings. The number of nitrogens with zero attached hydrogens (tertiary/aromatic N) is 1. The molecule has 0 bridgehead atoms. The molecule has 0 atom stereocenters. The van der Waals surface area contributed by atoms with E-state index in [2.05, 4.69) is 25.8 Å². The van der Waals surface area contributed by atoms with Crippen LogP contribution in [0.2, 0.25) is 0 Å². The standard InChI is InChI=1S/C20H26FN/c1-14-10-11-22-13-17(14)20(5,6)12-15-8-7-9-16(18(15)21)19(2,3)4/h7-11,13H,12H2,1-6H3. The van der Waals surface area contributed by atoms with Crippen LogP contribution >= 0.6 is 0 Å². The van der Waals surface area contributed by atoms with Crippen molar-refractivity contribution in [3.8, 4) is 0 Å². The molecule has 0 aliphatic rings. The van der Waals surface area contributed by atoms with Crippen LogP contribution in [0, 0.1) is 12.7 Å². The van der Waals surface area contributed by atoms with Crippen LogP contribution in [0.4, 0.5) is 4.39 Å². The molecule has 0 N–H and O–H groups in total.